The lowest BCUT2D eigenvalue weighted by Crippen LogP contribution is -2.26. The Morgan fingerprint density at radius 3 is 2.61 bits per heavy atom. The third-order valence-electron chi connectivity index (χ3n) is 3.17. The van der Waals surface area contributed by atoms with Crippen LogP contribution in [0.2, 0.25) is 5.02 Å². The average Bonchev–Trinajstić information content (AvgIpc) is 2.39. The van der Waals surface area contributed by atoms with E-state index < -0.39 is 0 Å². The SMILES string of the molecule is O=C1Oc2ccccc2CC1c1ccccc1Cl. The largest absolute Gasteiger partial charge is 0.426 e. The Labute approximate surface area is 110 Å². The summed E-state index contributed by atoms with van der Waals surface area (Å²) in [7, 11) is 0. The van der Waals surface area contributed by atoms with Crippen LogP contribution in [0.4, 0.5) is 0 Å². The molecule has 90 valence electrons. The molecule has 1 unspecified atom stereocenters. The second-order valence-electron chi connectivity index (χ2n) is 4.31. The highest BCUT2D eigenvalue weighted by molar-refractivity contribution is 6.31. The highest BCUT2D eigenvalue weighted by Crippen LogP contribution is 2.35. The Kier molecular flexibility index (Phi) is 2.80. The van der Waals surface area contributed by atoms with E-state index in [0.29, 0.717) is 17.2 Å². The maximum atomic E-state index is 12.0. The molecule has 1 heterocycles. The fourth-order valence-corrected chi connectivity index (χ4v) is 2.52. The molecule has 0 radical (unpaired) electrons. The Morgan fingerprint density at radius 2 is 1.78 bits per heavy atom. The highest BCUT2D eigenvalue weighted by Gasteiger charge is 2.30. The van der Waals surface area contributed by atoms with Crippen molar-refractivity contribution in [3.8, 4) is 5.75 Å². The lowest BCUT2D eigenvalue weighted by Gasteiger charge is -2.24. The zero-order chi connectivity index (χ0) is 12.5. The van der Waals surface area contributed by atoms with Gasteiger partial charge in [0.1, 0.15) is 5.75 Å². The first-order valence-corrected chi connectivity index (χ1v) is 6.17. The van der Waals surface area contributed by atoms with Crippen molar-refractivity contribution in [2.45, 2.75) is 12.3 Å². The van der Waals surface area contributed by atoms with E-state index in [4.69, 9.17) is 16.3 Å². The zero-order valence-electron chi connectivity index (χ0n) is 9.60. The van der Waals surface area contributed by atoms with Crippen LogP contribution in [-0.2, 0) is 11.2 Å². The summed E-state index contributed by atoms with van der Waals surface area (Å²) in [4.78, 5) is 12.0. The number of benzene rings is 2. The van der Waals surface area contributed by atoms with E-state index in [1.807, 2.05) is 42.5 Å². The molecular weight excluding hydrogens is 248 g/mol. The van der Waals surface area contributed by atoms with E-state index in [1.54, 1.807) is 6.07 Å². The first-order chi connectivity index (χ1) is 8.75. The number of esters is 1. The molecule has 0 aliphatic carbocycles. The predicted molar refractivity (Wildman–Crippen MR) is 70.0 cm³/mol. The van der Waals surface area contributed by atoms with Gasteiger partial charge in [0.15, 0.2) is 0 Å². The van der Waals surface area contributed by atoms with Gasteiger partial charge in [-0.15, -0.1) is 0 Å². The van der Waals surface area contributed by atoms with Gasteiger partial charge in [0.25, 0.3) is 0 Å². The molecule has 0 amide bonds. The standard InChI is InChI=1S/C15H11ClO2/c16-13-7-3-2-6-11(13)12-9-10-5-1-4-8-14(10)18-15(12)17/h1-8,12H,9H2. The van der Waals surface area contributed by atoms with Gasteiger partial charge in [0.05, 0.1) is 5.92 Å². The van der Waals surface area contributed by atoms with Crippen molar-refractivity contribution < 1.29 is 9.53 Å². The van der Waals surface area contributed by atoms with E-state index in [2.05, 4.69) is 0 Å². The zero-order valence-corrected chi connectivity index (χ0v) is 10.4. The monoisotopic (exact) mass is 258 g/mol. The number of hydrogen-bond acceptors (Lipinski definition) is 2. The van der Waals surface area contributed by atoms with Crippen LogP contribution in [0.1, 0.15) is 17.0 Å². The molecule has 2 nitrogen and oxygen atoms in total. The molecule has 0 spiro atoms. The van der Waals surface area contributed by atoms with Gasteiger partial charge in [-0.05, 0) is 29.7 Å². The van der Waals surface area contributed by atoms with Crippen LogP contribution >= 0.6 is 11.6 Å². The van der Waals surface area contributed by atoms with E-state index >= 15 is 0 Å². The molecular formula is C15H11ClO2. The van der Waals surface area contributed by atoms with Gasteiger partial charge < -0.3 is 4.74 Å². The van der Waals surface area contributed by atoms with E-state index in [9.17, 15) is 4.79 Å². The number of para-hydroxylation sites is 1. The number of ether oxygens (including phenoxy) is 1. The van der Waals surface area contributed by atoms with Crippen molar-refractivity contribution >= 4 is 17.6 Å². The van der Waals surface area contributed by atoms with E-state index in [0.717, 1.165) is 11.1 Å². The quantitative estimate of drug-likeness (QED) is 0.577. The molecule has 0 bridgehead atoms. The number of hydrogen-bond donors (Lipinski definition) is 0. The molecule has 1 aliphatic heterocycles. The van der Waals surface area contributed by atoms with E-state index in [1.165, 1.54) is 0 Å². The second kappa shape index (κ2) is 4.46. The highest BCUT2D eigenvalue weighted by atomic mass is 35.5. The van der Waals surface area contributed by atoms with Gasteiger partial charge in [-0.25, -0.2) is 0 Å². The third kappa shape index (κ3) is 1.89. The van der Waals surface area contributed by atoms with Crippen molar-refractivity contribution in [1.29, 1.82) is 0 Å². The van der Waals surface area contributed by atoms with E-state index in [-0.39, 0.29) is 11.9 Å². The average molecular weight is 259 g/mol. The second-order valence-corrected chi connectivity index (χ2v) is 4.71. The molecule has 18 heavy (non-hydrogen) atoms. The maximum Gasteiger partial charge on any atom is 0.319 e. The minimum absolute atomic E-state index is 0.234. The molecule has 0 N–H and O–H groups in total. The van der Waals surface area contributed by atoms with Gasteiger partial charge in [-0.3, -0.25) is 4.79 Å². The molecule has 0 fully saturated rings. The van der Waals surface area contributed by atoms with Crippen molar-refractivity contribution in [2.24, 2.45) is 0 Å². The topological polar surface area (TPSA) is 26.3 Å². The minimum Gasteiger partial charge on any atom is -0.426 e. The number of halogens is 1. The number of fused-ring (bicyclic) bond motifs is 1. The molecule has 2 aromatic carbocycles. The Balaban J connectivity index is 2.01. The Hall–Kier alpha value is -1.80. The first kappa shape index (κ1) is 11.3. The maximum absolute atomic E-state index is 12.0. The number of carbonyl (C=O) groups is 1. The number of rotatable bonds is 1. The van der Waals surface area contributed by atoms with Crippen molar-refractivity contribution in [1.82, 2.24) is 0 Å². The Morgan fingerprint density at radius 1 is 1.06 bits per heavy atom. The molecule has 0 aromatic heterocycles. The summed E-state index contributed by atoms with van der Waals surface area (Å²) in [5, 5.41) is 0.610. The van der Waals surface area contributed by atoms with Crippen LogP contribution < -0.4 is 4.74 Å². The molecule has 1 atom stereocenters. The van der Waals surface area contributed by atoms with Crippen molar-refractivity contribution in [3.05, 3.63) is 64.7 Å². The van der Waals surface area contributed by atoms with Gasteiger partial charge in [0.2, 0.25) is 0 Å². The molecule has 0 saturated carbocycles. The van der Waals surface area contributed by atoms with Crippen LogP contribution in [0.15, 0.2) is 48.5 Å². The van der Waals surface area contributed by atoms with Gasteiger partial charge in [0, 0.05) is 5.02 Å². The molecule has 1 aliphatic rings. The third-order valence-corrected chi connectivity index (χ3v) is 3.52. The normalized spacial score (nSPS) is 18.1. The molecule has 3 heteroatoms. The summed E-state index contributed by atoms with van der Waals surface area (Å²) in [6.45, 7) is 0. The molecule has 2 aromatic rings. The van der Waals surface area contributed by atoms with Gasteiger partial charge >= 0.3 is 5.97 Å². The number of carbonyl (C=O) groups excluding carboxylic acids is 1. The van der Waals surface area contributed by atoms with Crippen LogP contribution in [0.3, 0.4) is 0 Å². The van der Waals surface area contributed by atoms with Crippen LogP contribution in [0, 0.1) is 0 Å². The first-order valence-electron chi connectivity index (χ1n) is 5.80. The summed E-state index contributed by atoms with van der Waals surface area (Å²) < 4.78 is 5.36. The van der Waals surface area contributed by atoms with Crippen LogP contribution in [0.5, 0.6) is 5.75 Å². The van der Waals surface area contributed by atoms with Gasteiger partial charge in [-0.1, -0.05) is 48.0 Å². The van der Waals surface area contributed by atoms with Gasteiger partial charge in [-0.2, -0.15) is 0 Å². The summed E-state index contributed by atoms with van der Waals surface area (Å²) >= 11 is 6.14. The minimum atomic E-state index is -0.311. The predicted octanol–water partition coefficient (Wildman–Crippen LogP) is 3.59. The van der Waals surface area contributed by atoms with Crippen LogP contribution in [0.25, 0.3) is 0 Å². The molecule has 0 saturated heterocycles. The van der Waals surface area contributed by atoms with Crippen molar-refractivity contribution in [2.75, 3.05) is 0 Å². The summed E-state index contributed by atoms with van der Waals surface area (Å²) in [6, 6.07) is 15.0. The summed E-state index contributed by atoms with van der Waals surface area (Å²) in [5.74, 6) is 0.112. The summed E-state index contributed by atoms with van der Waals surface area (Å²) in [6.07, 6.45) is 0.638. The fraction of sp³-hybridized carbons (Fsp3) is 0.133. The molecule has 3 rings (SSSR count). The van der Waals surface area contributed by atoms with Crippen molar-refractivity contribution in [3.63, 3.8) is 0 Å². The smallest absolute Gasteiger partial charge is 0.319 e. The Bertz CT molecular complexity index is 607. The summed E-state index contributed by atoms with van der Waals surface area (Å²) in [5.41, 5.74) is 1.88. The lowest BCUT2D eigenvalue weighted by atomic mass is 9.90. The fourth-order valence-electron chi connectivity index (χ4n) is 2.25. The lowest BCUT2D eigenvalue weighted by molar-refractivity contribution is -0.137. The van der Waals surface area contributed by atoms with Crippen LogP contribution in [-0.4, -0.2) is 5.97 Å².